The molecule has 2 aliphatic rings. The standard InChI is InChI=1S/C13H15F2NO.CH3I/c14-13(15)6-11(13)8-17-12-2-1-10-7-16-4-3-9(10)5-12;1-2/h1-2,5,11,16H,3-4,6-8H2;1H3/t11-;/m0./s1. The first-order valence-electron chi connectivity index (χ1n) is 6.36. The lowest BCUT2D eigenvalue weighted by Gasteiger charge is -2.18. The number of ether oxygens (including phenoxy) is 1. The number of alkyl halides is 3. The van der Waals surface area contributed by atoms with Gasteiger partial charge >= 0.3 is 0 Å². The van der Waals surface area contributed by atoms with E-state index in [0.717, 1.165) is 19.5 Å². The van der Waals surface area contributed by atoms with Gasteiger partial charge in [-0.15, -0.1) is 0 Å². The lowest BCUT2D eigenvalue weighted by Crippen LogP contribution is -2.23. The highest BCUT2D eigenvalue weighted by atomic mass is 127. The van der Waals surface area contributed by atoms with Crippen molar-refractivity contribution in [3.05, 3.63) is 29.3 Å². The Morgan fingerprint density at radius 1 is 1.37 bits per heavy atom. The van der Waals surface area contributed by atoms with E-state index in [1.54, 1.807) is 0 Å². The molecule has 0 unspecified atom stereocenters. The van der Waals surface area contributed by atoms with Gasteiger partial charge < -0.3 is 10.1 Å². The van der Waals surface area contributed by atoms with Gasteiger partial charge in [-0.25, -0.2) is 8.78 Å². The van der Waals surface area contributed by atoms with Gasteiger partial charge in [-0.05, 0) is 41.2 Å². The van der Waals surface area contributed by atoms with Crippen molar-refractivity contribution in [3.8, 4) is 5.75 Å². The van der Waals surface area contributed by atoms with Crippen molar-refractivity contribution in [3.63, 3.8) is 0 Å². The van der Waals surface area contributed by atoms with Crippen molar-refractivity contribution in [2.24, 2.45) is 5.92 Å². The smallest absolute Gasteiger partial charge is 0.255 e. The van der Waals surface area contributed by atoms with Gasteiger partial charge in [0, 0.05) is 13.0 Å². The summed E-state index contributed by atoms with van der Waals surface area (Å²) in [5, 5.41) is 3.29. The molecule has 1 aliphatic heterocycles. The van der Waals surface area contributed by atoms with E-state index < -0.39 is 11.8 Å². The van der Waals surface area contributed by atoms with Gasteiger partial charge in [0.1, 0.15) is 5.75 Å². The Balaban J connectivity index is 0.000000637. The molecule has 1 aromatic carbocycles. The minimum Gasteiger partial charge on any atom is -0.493 e. The molecule has 106 valence electrons. The number of fused-ring (bicyclic) bond motifs is 1. The molecule has 5 heteroatoms. The van der Waals surface area contributed by atoms with Crippen LogP contribution in [0, 0.1) is 5.92 Å². The quantitative estimate of drug-likeness (QED) is 0.640. The zero-order valence-electron chi connectivity index (χ0n) is 10.9. The fourth-order valence-electron chi connectivity index (χ4n) is 2.19. The molecule has 3 rings (SSSR count). The van der Waals surface area contributed by atoms with E-state index in [1.165, 1.54) is 11.1 Å². The van der Waals surface area contributed by atoms with Gasteiger partial charge in [-0.1, -0.05) is 28.7 Å². The van der Waals surface area contributed by atoms with Crippen LogP contribution in [0.1, 0.15) is 17.5 Å². The Kier molecular flexibility index (Phi) is 5.00. The van der Waals surface area contributed by atoms with Crippen molar-refractivity contribution in [1.29, 1.82) is 0 Å². The highest BCUT2D eigenvalue weighted by Crippen LogP contribution is 2.48. The third-order valence-corrected chi connectivity index (χ3v) is 3.47. The molecule has 1 aromatic rings. The lowest BCUT2D eigenvalue weighted by atomic mass is 10.0. The summed E-state index contributed by atoms with van der Waals surface area (Å²) in [6.45, 7) is 1.98. The average molecular weight is 381 g/mol. The number of halogens is 3. The van der Waals surface area contributed by atoms with E-state index in [9.17, 15) is 8.78 Å². The minimum absolute atomic E-state index is 0.0259. The molecule has 0 spiro atoms. The lowest BCUT2D eigenvalue weighted by molar-refractivity contribution is 0.0856. The van der Waals surface area contributed by atoms with Crippen LogP contribution in [0.25, 0.3) is 0 Å². The van der Waals surface area contributed by atoms with E-state index in [1.807, 2.05) is 23.1 Å². The highest BCUT2D eigenvalue weighted by Gasteiger charge is 2.57. The summed E-state index contributed by atoms with van der Waals surface area (Å²) in [7, 11) is 0. The van der Waals surface area contributed by atoms with Crippen molar-refractivity contribution >= 4 is 22.6 Å². The van der Waals surface area contributed by atoms with Crippen LogP contribution in [0.3, 0.4) is 0 Å². The molecule has 0 bridgehead atoms. The molecule has 19 heavy (non-hydrogen) atoms. The Bertz CT molecular complexity index is 439. The van der Waals surface area contributed by atoms with E-state index in [2.05, 4.69) is 27.9 Å². The second-order valence-electron chi connectivity index (χ2n) is 4.83. The van der Waals surface area contributed by atoms with Crippen LogP contribution in [0.4, 0.5) is 8.78 Å². The summed E-state index contributed by atoms with van der Waals surface area (Å²) >= 11 is 2.15. The monoisotopic (exact) mass is 381 g/mol. The average Bonchev–Trinajstić information content (AvgIpc) is 3.06. The molecular weight excluding hydrogens is 363 g/mol. The third-order valence-electron chi connectivity index (χ3n) is 3.47. The minimum atomic E-state index is -2.49. The van der Waals surface area contributed by atoms with Crippen LogP contribution in [0.5, 0.6) is 5.75 Å². The topological polar surface area (TPSA) is 21.3 Å². The number of nitrogens with one attached hydrogen (secondary N) is 1. The zero-order valence-corrected chi connectivity index (χ0v) is 13.0. The van der Waals surface area contributed by atoms with Crippen LogP contribution < -0.4 is 10.1 Å². The maximum atomic E-state index is 12.7. The summed E-state index contributed by atoms with van der Waals surface area (Å²) in [5.74, 6) is -2.36. The SMILES string of the molecule is CI.FC1(F)C[C@H]1COc1ccc2c(c1)CCNC2. The van der Waals surface area contributed by atoms with E-state index >= 15 is 0 Å². The van der Waals surface area contributed by atoms with E-state index in [-0.39, 0.29) is 13.0 Å². The number of benzene rings is 1. The maximum Gasteiger partial charge on any atom is 0.255 e. The second-order valence-corrected chi connectivity index (χ2v) is 4.83. The van der Waals surface area contributed by atoms with Crippen molar-refractivity contribution < 1.29 is 13.5 Å². The molecule has 0 saturated heterocycles. The summed E-state index contributed by atoms with van der Waals surface area (Å²) in [6, 6.07) is 5.87. The van der Waals surface area contributed by atoms with Gasteiger partial charge in [-0.2, -0.15) is 0 Å². The molecule has 0 radical (unpaired) electrons. The Morgan fingerprint density at radius 3 is 2.79 bits per heavy atom. The first-order valence-corrected chi connectivity index (χ1v) is 8.52. The fourth-order valence-corrected chi connectivity index (χ4v) is 2.19. The van der Waals surface area contributed by atoms with Gasteiger partial charge in [0.15, 0.2) is 0 Å². The van der Waals surface area contributed by atoms with Crippen molar-refractivity contribution in [1.82, 2.24) is 5.32 Å². The first kappa shape index (κ1) is 15.0. The molecule has 1 heterocycles. The number of rotatable bonds is 3. The van der Waals surface area contributed by atoms with Crippen LogP contribution in [0.2, 0.25) is 0 Å². The van der Waals surface area contributed by atoms with Gasteiger partial charge in [0.05, 0.1) is 12.5 Å². The van der Waals surface area contributed by atoms with Crippen LogP contribution in [-0.2, 0) is 13.0 Å². The predicted molar refractivity (Wildman–Crippen MR) is 80.3 cm³/mol. The van der Waals surface area contributed by atoms with Crippen LogP contribution in [-0.4, -0.2) is 24.0 Å². The summed E-state index contributed by atoms with van der Waals surface area (Å²) in [5.41, 5.74) is 2.55. The molecule has 0 amide bonds. The summed E-state index contributed by atoms with van der Waals surface area (Å²) in [6.07, 6.45) is 0.952. The molecule has 1 aliphatic carbocycles. The fraction of sp³-hybridized carbons (Fsp3) is 0.571. The predicted octanol–water partition coefficient (Wildman–Crippen LogP) is 3.42. The van der Waals surface area contributed by atoms with Crippen molar-refractivity contribution in [2.75, 3.05) is 18.1 Å². The largest absolute Gasteiger partial charge is 0.493 e. The maximum absolute atomic E-state index is 12.7. The van der Waals surface area contributed by atoms with Crippen molar-refractivity contribution in [2.45, 2.75) is 25.3 Å². The Morgan fingerprint density at radius 2 is 2.11 bits per heavy atom. The molecule has 1 atom stereocenters. The molecule has 1 fully saturated rings. The van der Waals surface area contributed by atoms with Gasteiger partial charge in [-0.3, -0.25) is 0 Å². The molecule has 1 N–H and O–H groups in total. The van der Waals surface area contributed by atoms with Crippen LogP contribution in [0.15, 0.2) is 18.2 Å². The number of hydrogen-bond donors (Lipinski definition) is 1. The first-order chi connectivity index (χ1) is 9.15. The normalized spacial score (nSPS) is 22.8. The summed E-state index contributed by atoms with van der Waals surface area (Å²) < 4.78 is 30.8. The second kappa shape index (κ2) is 6.35. The molecule has 0 aromatic heterocycles. The molecule has 1 saturated carbocycles. The summed E-state index contributed by atoms with van der Waals surface area (Å²) in [4.78, 5) is 1.97. The van der Waals surface area contributed by atoms with E-state index in [0.29, 0.717) is 5.75 Å². The molecule has 2 nitrogen and oxygen atoms in total. The Labute approximate surface area is 126 Å². The zero-order chi connectivity index (χ0) is 13.9. The van der Waals surface area contributed by atoms with Gasteiger partial charge in [0.25, 0.3) is 5.92 Å². The van der Waals surface area contributed by atoms with E-state index in [4.69, 9.17) is 4.74 Å². The molecular formula is C14H18F2INO. The Hall–Kier alpha value is -0.430. The third kappa shape index (κ3) is 3.78. The van der Waals surface area contributed by atoms with Gasteiger partial charge in [0.2, 0.25) is 0 Å². The highest BCUT2D eigenvalue weighted by molar-refractivity contribution is 14.1. The number of hydrogen-bond acceptors (Lipinski definition) is 2. The van der Waals surface area contributed by atoms with Crippen LogP contribution >= 0.6 is 22.6 Å².